The Morgan fingerprint density at radius 2 is 2.33 bits per heavy atom. The minimum absolute atomic E-state index is 0.339. The van der Waals surface area contributed by atoms with E-state index in [-0.39, 0.29) is 0 Å². The Morgan fingerprint density at radius 3 is 2.92 bits per heavy atom. The molecule has 0 radical (unpaired) electrons. The van der Waals surface area contributed by atoms with E-state index in [9.17, 15) is 4.21 Å². The van der Waals surface area contributed by atoms with Crippen LogP contribution in [0.3, 0.4) is 0 Å². The van der Waals surface area contributed by atoms with Crippen molar-refractivity contribution in [3.8, 4) is 0 Å². The lowest BCUT2D eigenvalue weighted by atomic mass is 10.2. The summed E-state index contributed by atoms with van der Waals surface area (Å²) in [4.78, 5) is 0. The fourth-order valence-electron chi connectivity index (χ4n) is 1.06. The highest BCUT2D eigenvalue weighted by molar-refractivity contribution is 7.95. The molecule has 1 aliphatic rings. The molecule has 4 nitrogen and oxygen atoms in total. The van der Waals surface area contributed by atoms with Crippen molar-refractivity contribution in [2.24, 2.45) is 5.10 Å². The van der Waals surface area contributed by atoms with Crippen LogP contribution in [-0.4, -0.2) is 25.9 Å². The monoisotopic (exact) mass is 188 g/mol. The zero-order valence-electron chi connectivity index (χ0n) is 7.15. The third-order valence-corrected chi connectivity index (χ3v) is 2.30. The molecule has 0 bridgehead atoms. The molecule has 0 fully saturated rings. The van der Waals surface area contributed by atoms with Crippen molar-refractivity contribution in [1.29, 1.82) is 0 Å². The third kappa shape index (κ3) is 2.42. The summed E-state index contributed by atoms with van der Waals surface area (Å²) in [6.07, 6.45) is 3.23. The molecule has 68 valence electrons. The van der Waals surface area contributed by atoms with Crippen LogP contribution in [0.1, 0.15) is 19.8 Å². The SMILES string of the molecule is CC1=CN(C)N=C(S(=O)O)CC1. The third-order valence-electron chi connectivity index (χ3n) is 1.61. The molecule has 1 atom stereocenters. The van der Waals surface area contributed by atoms with Gasteiger partial charge >= 0.3 is 0 Å². The standard InChI is InChI=1S/C7H12N2O2S/c1-6-3-4-7(12(10)11)8-9(2)5-6/h5H,3-4H2,1-2H3,(H,10,11). The van der Waals surface area contributed by atoms with Gasteiger partial charge in [-0.1, -0.05) is 5.57 Å². The average Bonchev–Trinajstić information content (AvgIpc) is 2.11. The van der Waals surface area contributed by atoms with Gasteiger partial charge in [-0.3, -0.25) is 5.01 Å². The molecule has 0 saturated carbocycles. The summed E-state index contributed by atoms with van der Waals surface area (Å²) < 4.78 is 19.5. The van der Waals surface area contributed by atoms with Gasteiger partial charge in [0.1, 0.15) is 0 Å². The zero-order valence-corrected chi connectivity index (χ0v) is 7.97. The summed E-state index contributed by atoms with van der Waals surface area (Å²) >= 11 is -1.92. The van der Waals surface area contributed by atoms with E-state index in [0.29, 0.717) is 11.5 Å². The van der Waals surface area contributed by atoms with Gasteiger partial charge in [0.15, 0.2) is 5.04 Å². The minimum atomic E-state index is -1.92. The summed E-state index contributed by atoms with van der Waals surface area (Å²) in [6.45, 7) is 1.98. The molecule has 1 heterocycles. The van der Waals surface area contributed by atoms with Crippen LogP contribution in [0.15, 0.2) is 16.9 Å². The lowest BCUT2D eigenvalue weighted by molar-refractivity contribution is 0.488. The molecule has 1 rings (SSSR count). The summed E-state index contributed by atoms with van der Waals surface area (Å²) in [5, 5.41) is 5.86. The van der Waals surface area contributed by atoms with Gasteiger partial charge in [0, 0.05) is 19.7 Å². The van der Waals surface area contributed by atoms with Crippen molar-refractivity contribution in [2.45, 2.75) is 19.8 Å². The highest BCUT2D eigenvalue weighted by atomic mass is 32.2. The van der Waals surface area contributed by atoms with E-state index >= 15 is 0 Å². The van der Waals surface area contributed by atoms with Crippen molar-refractivity contribution in [3.63, 3.8) is 0 Å². The van der Waals surface area contributed by atoms with Crippen LogP contribution in [0.4, 0.5) is 0 Å². The highest BCUT2D eigenvalue weighted by Gasteiger charge is 2.11. The lowest BCUT2D eigenvalue weighted by Crippen LogP contribution is -2.10. The second-order valence-electron chi connectivity index (χ2n) is 2.79. The zero-order chi connectivity index (χ0) is 9.14. The molecule has 5 heteroatoms. The highest BCUT2D eigenvalue weighted by Crippen LogP contribution is 2.12. The maximum atomic E-state index is 10.7. The van der Waals surface area contributed by atoms with Crippen molar-refractivity contribution in [2.75, 3.05) is 7.05 Å². The van der Waals surface area contributed by atoms with Crippen LogP contribution in [-0.2, 0) is 11.1 Å². The normalized spacial score (nSPS) is 21.1. The van der Waals surface area contributed by atoms with E-state index < -0.39 is 11.1 Å². The van der Waals surface area contributed by atoms with Gasteiger partial charge in [-0.15, -0.1) is 0 Å². The van der Waals surface area contributed by atoms with Gasteiger partial charge in [-0.2, -0.15) is 5.10 Å². The van der Waals surface area contributed by atoms with Gasteiger partial charge in [0.05, 0.1) is 0 Å². The second kappa shape index (κ2) is 3.82. The Labute approximate surface area is 74.2 Å². The number of hydrazone groups is 1. The van der Waals surface area contributed by atoms with E-state index in [4.69, 9.17) is 4.55 Å². The molecule has 0 aliphatic carbocycles. The van der Waals surface area contributed by atoms with Gasteiger partial charge in [-0.25, -0.2) is 4.21 Å². The predicted molar refractivity (Wildman–Crippen MR) is 49.0 cm³/mol. The van der Waals surface area contributed by atoms with Gasteiger partial charge in [-0.05, 0) is 13.3 Å². The maximum absolute atomic E-state index is 10.7. The van der Waals surface area contributed by atoms with Crippen LogP contribution in [0.25, 0.3) is 0 Å². The molecule has 0 aromatic carbocycles. The maximum Gasteiger partial charge on any atom is 0.203 e. The Hall–Kier alpha value is -0.680. The summed E-state index contributed by atoms with van der Waals surface area (Å²) in [5.74, 6) is 0. The Kier molecular flexibility index (Phi) is 2.99. The lowest BCUT2D eigenvalue weighted by Gasteiger charge is -2.05. The fourth-order valence-corrected chi connectivity index (χ4v) is 1.54. The largest absolute Gasteiger partial charge is 0.301 e. The fraction of sp³-hybridized carbons (Fsp3) is 0.571. The average molecular weight is 188 g/mol. The summed E-state index contributed by atoms with van der Waals surface area (Å²) in [7, 11) is 1.75. The summed E-state index contributed by atoms with van der Waals surface area (Å²) in [5.41, 5.74) is 1.17. The molecule has 0 spiro atoms. The number of rotatable bonds is 0. The Morgan fingerprint density at radius 1 is 1.67 bits per heavy atom. The molecule has 0 saturated heterocycles. The van der Waals surface area contributed by atoms with Gasteiger partial charge < -0.3 is 4.55 Å². The minimum Gasteiger partial charge on any atom is -0.301 e. The van der Waals surface area contributed by atoms with Crippen LogP contribution in [0.5, 0.6) is 0 Å². The molecule has 0 aromatic rings. The topological polar surface area (TPSA) is 52.9 Å². The quantitative estimate of drug-likeness (QED) is 0.580. The first-order valence-electron chi connectivity index (χ1n) is 3.68. The molecule has 12 heavy (non-hydrogen) atoms. The Balaban J connectivity index is 2.79. The molecular weight excluding hydrogens is 176 g/mol. The van der Waals surface area contributed by atoms with Crippen molar-refractivity contribution < 1.29 is 8.76 Å². The van der Waals surface area contributed by atoms with Gasteiger partial charge in [0.2, 0.25) is 11.1 Å². The first kappa shape index (κ1) is 9.41. The van der Waals surface area contributed by atoms with Crippen LogP contribution >= 0.6 is 0 Å². The predicted octanol–water partition coefficient (Wildman–Crippen LogP) is 1.15. The van der Waals surface area contributed by atoms with Crippen LogP contribution in [0.2, 0.25) is 0 Å². The van der Waals surface area contributed by atoms with Gasteiger partial charge in [0.25, 0.3) is 0 Å². The van der Waals surface area contributed by atoms with Crippen LogP contribution in [0, 0.1) is 0 Å². The van der Waals surface area contributed by atoms with Crippen molar-refractivity contribution >= 4 is 16.1 Å². The number of allylic oxidation sites excluding steroid dienone is 1. The molecular formula is C7H12N2O2S. The molecule has 1 N–H and O–H groups in total. The first-order chi connectivity index (χ1) is 5.59. The van der Waals surface area contributed by atoms with Crippen molar-refractivity contribution in [3.05, 3.63) is 11.8 Å². The number of hydrogen-bond acceptors (Lipinski definition) is 3. The van der Waals surface area contributed by atoms with E-state index in [1.165, 1.54) is 5.57 Å². The molecule has 0 aromatic heterocycles. The number of nitrogens with zero attached hydrogens (tertiary/aromatic N) is 2. The summed E-state index contributed by atoms with van der Waals surface area (Å²) in [6, 6.07) is 0. The van der Waals surface area contributed by atoms with Crippen LogP contribution < -0.4 is 0 Å². The Bertz CT molecular complexity index is 260. The van der Waals surface area contributed by atoms with E-state index in [2.05, 4.69) is 5.10 Å². The molecule has 1 unspecified atom stereocenters. The van der Waals surface area contributed by atoms with E-state index in [1.807, 2.05) is 13.1 Å². The van der Waals surface area contributed by atoms with E-state index in [0.717, 1.165) is 6.42 Å². The second-order valence-corrected chi connectivity index (χ2v) is 3.76. The van der Waals surface area contributed by atoms with E-state index in [1.54, 1.807) is 12.1 Å². The smallest absolute Gasteiger partial charge is 0.203 e. The molecule has 0 amide bonds. The molecule has 1 aliphatic heterocycles. The van der Waals surface area contributed by atoms with Crippen molar-refractivity contribution in [1.82, 2.24) is 5.01 Å². The first-order valence-corrected chi connectivity index (χ1v) is 4.78. The number of hydrogen-bond donors (Lipinski definition) is 1.